The molecule has 0 bridgehead atoms. The lowest BCUT2D eigenvalue weighted by atomic mass is 10.1. The van der Waals surface area contributed by atoms with E-state index in [1.165, 1.54) is 0 Å². The summed E-state index contributed by atoms with van der Waals surface area (Å²) in [4.78, 5) is 6.52. The second-order valence-electron chi connectivity index (χ2n) is 5.32. The highest BCUT2D eigenvalue weighted by molar-refractivity contribution is 5.55. The monoisotopic (exact) mass is 282 g/mol. The van der Waals surface area contributed by atoms with Crippen molar-refractivity contribution < 1.29 is 4.74 Å². The van der Waals surface area contributed by atoms with Gasteiger partial charge in [-0.3, -0.25) is 5.01 Å². The summed E-state index contributed by atoms with van der Waals surface area (Å²) in [6.45, 7) is 9.07. The Bertz CT molecular complexity index is 342. The van der Waals surface area contributed by atoms with E-state index >= 15 is 0 Å². The lowest BCUT2D eigenvalue weighted by molar-refractivity contribution is 0.0526. The summed E-state index contributed by atoms with van der Waals surface area (Å²) < 4.78 is 5.31. The molecule has 114 valence electrons. The molecule has 3 N–H and O–H groups in total. The van der Waals surface area contributed by atoms with Gasteiger partial charge in [-0.15, -0.1) is 0 Å². The summed E-state index contributed by atoms with van der Waals surface area (Å²) in [6, 6.07) is 0.255. The van der Waals surface area contributed by atoms with Crippen LogP contribution in [0, 0.1) is 0 Å². The predicted molar refractivity (Wildman–Crippen MR) is 79.7 cm³/mol. The Hall–Kier alpha value is -1.15. The number of hydrazine groups is 2. The number of piperidine rings is 1. The highest BCUT2D eigenvalue weighted by Gasteiger charge is 2.16. The Labute approximate surface area is 121 Å². The van der Waals surface area contributed by atoms with Crippen LogP contribution >= 0.6 is 0 Å². The van der Waals surface area contributed by atoms with Gasteiger partial charge in [0.2, 0.25) is 0 Å². The number of hydrogen-bond acceptors (Lipinski definition) is 6. The van der Waals surface area contributed by atoms with Crippen molar-refractivity contribution in [3.63, 3.8) is 0 Å². The summed E-state index contributed by atoms with van der Waals surface area (Å²) in [5.74, 6) is 0.775. The molecule has 0 aromatic carbocycles. The molecule has 2 saturated heterocycles. The number of rotatable bonds is 5. The Kier molecular flexibility index (Phi) is 5.78. The SMILES string of the molecule is C=C(N=CN(C)NN1CCC[C@@H](N)C1)N1CCOCC1. The Morgan fingerprint density at radius 3 is 2.90 bits per heavy atom. The van der Waals surface area contributed by atoms with Crippen LogP contribution in [0.15, 0.2) is 17.4 Å². The van der Waals surface area contributed by atoms with E-state index in [4.69, 9.17) is 10.5 Å². The highest BCUT2D eigenvalue weighted by atomic mass is 16.5. The number of hydrogen-bond donors (Lipinski definition) is 2. The number of morpholine rings is 1. The average Bonchev–Trinajstić information content (AvgIpc) is 2.46. The summed E-state index contributed by atoms with van der Waals surface area (Å²) in [5, 5.41) is 3.96. The van der Waals surface area contributed by atoms with Crippen LogP contribution in [0.5, 0.6) is 0 Å². The van der Waals surface area contributed by atoms with Crippen molar-refractivity contribution in [3.05, 3.63) is 12.4 Å². The molecule has 0 aromatic heterocycles. The van der Waals surface area contributed by atoms with Gasteiger partial charge in [-0.2, -0.15) is 5.53 Å². The molecule has 0 radical (unpaired) electrons. The van der Waals surface area contributed by atoms with Crippen LogP contribution in [0.3, 0.4) is 0 Å². The summed E-state index contributed by atoms with van der Waals surface area (Å²) >= 11 is 0. The van der Waals surface area contributed by atoms with Gasteiger partial charge in [0.05, 0.1) is 13.2 Å². The van der Waals surface area contributed by atoms with E-state index in [1.807, 2.05) is 12.1 Å². The maximum absolute atomic E-state index is 5.95. The zero-order valence-corrected chi connectivity index (χ0v) is 12.3. The zero-order valence-electron chi connectivity index (χ0n) is 12.3. The largest absolute Gasteiger partial charge is 0.378 e. The fourth-order valence-electron chi connectivity index (χ4n) is 2.41. The van der Waals surface area contributed by atoms with E-state index in [1.54, 1.807) is 6.34 Å². The van der Waals surface area contributed by atoms with Crippen molar-refractivity contribution in [2.45, 2.75) is 18.9 Å². The van der Waals surface area contributed by atoms with E-state index < -0.39 is 0 Å². The molecule has 20 heavy (non-hydrogen) atoms. The lowest BCUT2D eigenvalue weighted by Crippen LogP contribution is -2.54. The quantitative estimate of drug-likeness (QED) is 0.406. The number of ether oxygens (including phenoxy) is 1. The molecule has 2 aliphatic rings. The topological polar surface area (TPSA) is 69.4 Å². The van der Waals surface area contributed by atoms with E-state index in [9.17, 15) is 0 Å². The summed E-state index contributed by atoms with van der Waals surface area (Å²) in [5.41, 5.74) is 9.21. The maximum atomic E-state index is 5.95. The standard InChI is InChI=1S/C13H26N6O/c1-12(18-6-8-20-9-7-18)15-11-17(2)16-19-5-3-4-13(14)10-19/h11,13,16H,1,3-10,14H2,2H3/t13-/m1/s1. The van der Waals surface area contributed by atoms with Crippen molar-refractivity contribution in [2.75, 3.05) is 46.4 Å². The van der Waals surface area contributed by atoms with Gasteiger partial charge in [-0.1, -0.05) is 6.58 Å². The first-order valence-corrected chi connectivity index (χ1v) is 7.20. The lowest BCUT2D eigenvalue weighted by Gasteiger charge is -2.33. The predicted octanol–water partition coefficient (Wildman–Crippen LogP) is -0.407. The van der Waals surface area contributed by atoms with Gasteiger partial charge in [0.15, 0.2) is 0 Å². The third-order valence-electron chi connectivity index (χ3n) is 3.51. The average molecular weight is 282 g/mol. The third-order valence-corrected chi connectivity index (χ3v) is 3.51. The second kappa shape index (κ2) is 7.58. The van der Waals surface area contributed by atoms with Crippen LogP contribution in [-0.4, -0.2) is 73.7 Å². The first-order chi connectivity index (χ1) is 9.65. The van der Waals surface area contributed by atoms with Gasteiger partial charge < -0.3 is 15.4 Å². The third kappa shape index (κ3) is 4.75. The maximum Gasteiger partial charge on any atom is 0.123 e. The molecule has 2 aliphatic heterocycles. The van der Waals surface area contributed by atoms with Crippen LogP contribution in [0.4, 0.5) is 0 Å². The molecule has 7 nitrogen and oxygen atoms in total. The Morgan fingerprint density at radius 2 is 2.20 bits per heavy atom. The molecule has 0 aromatic rings. The molecule has 0 amide bonds. The molecule has 2 fully saturated rings. The molecule has 2 heterocycles. The molecule has 0 unspecified atom stereocenters. The molecule has 1 atom stereocenters. The summed E-state index contributed by atoms with van der Waals surface area (Å²) in [6.07, 6.45) is 3.97. The number of aliphatic imine (C=N–C) groups is 1. The molecular formula is C13H26N6O. The van der Waals surface area contributed by atoms with Crippen LogP contribution in [0.25, 0.3) is 0 Å². The van der Waals surface area contributed by atoms with E-state index in [-0.39, 0.29) is 6.04 Å². The molecular weight excluding hydrogens is 256 g/mol. The minimum Gasteiger partial charge on any atom is -0.378 e. The van der Waals surface area contributed by atoms with Gasteiger partial charge in [0.25, 0.3) is 0 Å². The molecule has 7 heteroatoms. The van der Waals surface area contributed by atoms with Crippen molar-refractivity contribution in [1.82, 2.24) is 20.5 Å². The van der Waals surface area contributed by atoms with Crippen molar-refractivity contribution in [3.8, 4) is 0 Å². The van der Waals surface area contributed by atoms with Gasteiger partial charge >= 0.3 is 0 Å². The minimum absolute atomic E-state index is 0.255. The van der Waals surface area contributed by atoms with Crippen molar-refractivity contribution in [1.29, 1.82) is 0 Å². The van der Waals surface area contributed by atoms with Crippen LogP contribution in [0.2, 0.25) is 0 Å². The number of nitrogens with two attached hydrogens (primary N) is 1. The number of nitrogens with zero attached hydrogens (tertiary/aromatic N) is 4. The van der Waals surface area contributed by atoms with Gasteiger partial charge in [-0.05, 0) is 12.8 Å². The number of nitrogens with one attached hydrogen (secondary N) is 1. The first-order valence-electron chi connectivity index (χ1n) is 7.20. The molecule has 2 rings (SSSR count). The van der Waals surface area contributed by atoms with E-state index in [2.05, 4.69) is 27.0 Å². The summed E-state index contributed by atoms with van der Waals surface area (Å²) in [7, 11) is 1.93. The first kappa shape index (κ1) is 15.2. The van der Waals surface area contributed by atoms with Gasteiger partial charge in [-0.25, -0.2) is 10.0 Å². The molecule has 0 saturated carbocycles. The zero-order chi connectivity index (χ0) is 14.4. The van der Waals surface area contributed by atoms with Gasteiger partial charge in [0, 0.05) is 39.3 Å². The molecule has 0 spiro atoms. The van der Waals surface area contributed by atoms with E-state index in [0.717, 1.165) is 58.1 Å². The van der Waals surface area contributed by atoms with Crippen LogP contribution in [0.1, 0.15) is 12.8 Å². The second-order valence-corrected chi connectivity index (χ2v) is 5.32. The Balaban J connectivity index is 1.73. The molecule has 0 aliphatic carbocycles. The highest BCUT2D eigenvalue weighted by Crippen LogP contribution is 2.07. The van der Waals surface area contributed by atoms with Gasteiger partial charge in [0.1, 0.15) is 12.2 Å². The normalized spacial score (nSPS) is 25.1. The fourth-order valence-corrected chi connectivity index (χ4v) is 2.41. The van der Waals surface area contributed by atoms with Crippen molar-refractivity contribution >= 4 is 6.34 Å². The Morgan fingerprint density at radius 1 is 1.45 bits per heavy atom. The van der Waals surface area contributed by atoms with Crippen LogP contribution in [-0.2, 0) is 4.74 Å². The fraction of sp³-hybridized carbons (Fsp3) is 0.769. The van der Waals surface area contributed by atoms with E-state index in [0.29, 0.717) is 0 Å². The van der Waals surface area contributed by atoms with Crippen LogP contribution < -0.4 is 11.3 Å². The smallest absolute Gasteiger partial charge is 0.123 e. The minimum atomic E-state index is 0.255. The van der Waals surface area contributed by atoms with Crippen molar-refractivity contribution in [2.24, 2.45) is 10.7 Å².